The average Bonchev–Trinajstić information content (AvgIpc) is 2.44. The highest BCUT2D eigenvalue weighted by Crippen LogP contribution is 2.23. The van der Waals surface area contributed by atoms with Gasteiger partial charge >= 0.3 is 5.97 Å². The minimum atomic E-state index is -3.78. The number of hydrogen-bond donors (Lipinski definition) is 1. The van der Waals surface area contributed by atoms with Gasteiger partial charge in [-0.25, -0.2) is 8.42 Å². The second kappa shape index (κ2) is 7.24. The smallest absolute Gasteiger partial charge is 0.324 e. The first-order valence-corrected chi connectivity index (χ1v) is 8.79. The van der Waals surface area contributed by atoms with Gasteiger partial charge < -0.3 is 4.74 Å². The first kappa shape index (κ1) is 18.6. The van der Waals surface area contributed by atoms with Crippen molar-refractivity contribution in [3.63, 3.8) is 0 Å². The Kier molecular flexibility index (Phi) is 6.14. The molecule has 124 valence electrons. The van der Waals surface area contributed by atoms with Crippen molar-refractivity contribution in [1.29, 1.82) is 0 Å². The van der Waals surface area contributed by atoms with Crippen LogP contribution in [0.25, 0.3) is 0 Å². The zero-order chi connectivity index (χ0) is 17.0. The predicted molar refractivity (Wildman–Crippen MR) is 86.0 cm³/mol. The predicted octanol–water partition coefficient (Wildman–Crippen LogP) is 2.51. The molecule has 0 bridgehead atoms. The van der Waals surface area contributed by atoms with Crippen LogP contribution in [0.1, 0.15) is 39.7 Å². The van der Waals surface area contributed by atoms with Crippen LogP contribution < -0.4 is 4.72 Å². The first-order valence-electron chi connectivity index (χ1n) is 7.31. The van der Waals surface area contributed by atoms with E-state index in [2.05, 4.69) is 11.6 Å². The molecule has 0 heterocycles. The standard InChI is InChI=1S/C16H25NO4S/c1-6-7-12-8-10-13(11-9-12)22(19,20)17-14(15(18)21-5)16(2,3)4/h8-11,14,17H,6-7H2,1-5H3. The number of carbonyl (C=O) groups excluding carboxylic acids is 1. The van der Waals surface area contributed by atoms with Gasteiger partial charge in [-0.1, -0.05) is 46.2 Å². The van der Waals surface area contributed by atoms with Gasteiger partial charge in [-0.15, -0.1) is 0 Å². The third-order valence-corrected chi connectivity index (χ3v) is 4.79. The van der Waals surface area contributed by atoms with E-state index in [1.807, 2.05) is 0 Å². The molecule has 1 aromatic carbocycles. The molecule has 0 aliphatic carbocycles. The van der Waals surface area contributed by atoms with Gasteiger partial charge in [-0.05, 0) is 29.5 Å². The molecule has 0 spiro atoms. The summed E-state index contributed by atoms with van der Waals surface area (Å²) in [5.74, 6) is -0.598. The molecule has 6 heteroatoms. The van der Waals surface area contributed by atoms with E-state index < -0.39 is 27.4 Å². The van der Waals surface area contributed by atoms with Crippen LogP contribution in [-0.4, -0.2) is 27.5 Å². The molecule has 1 aromatic rings. The van der Waals surface area contributed by atoms with Crippen LogP contribution in [0.3, 0.4) is 0 Å². The minimum Gasteiger partial charge on any atom is -0.468 e. The third-order valence-electron chi connectivity index (χ3n) is 3.35. The molecular weight excluding hydrogens is 302 g/mol. The van der Waals surface area contributed by atoms with Crippen molar-refractivity contribution >= 4 is 16.0 Å². The molecule has 0 aliphatic rings. The summed E-state index contributed by atoms with van der Waals surface area (Å²) in [5, 5.41) is 0. The van der Waals surface area contributed by atoms with E-state index in [0.717, 1.165) is 18.4 Å². The third kappa shape index (κ3) is 4.81. The first-order chi connectivity index (χ1) is 10.1. The van der Waals surface area contributed by atoms with E-state index in [1.165, 1.54) is 7.11 Å². The summed E-state index contributed by atoms with van der Waals surface area (Å²) >= 11 is 0. The average molecular weight is 327 g/mol. The van der Waals surface area contributed by atoms with Gasteiger partial charge in [0.05, 0.1) is 12.0 Å². The SMILES string of the molecule is CCCc1ccc(S(=O)(=O)NC(C(=O)OC)C(C)(C)C)cc1. The maximum Gasteiger partial charge on any atom is 0.324 e. The molecule has 0 radical (unpaired) electrons. The highest BCUT2D eigenvalue weighted by Gasteiger charge is 2.36. The molecule has 5 nitrogen and oxygen atoms in total. The van der Waals surface area contributed by atoms with Crippen LogP contribution in [0.15, 0.2) is 29.2 Å². The Morgan fingerprint density at radius 1 is 1.23 bits per heavy atom. The molecule has 0 fully saturated rings. The lowest BCUT2D eigenvalue weighted by molar-refractivity contribution is -0.145. The van der Waals surface area contributed by atoms with Crippen molar-refractivity contribution in [2.24, 2.45) is 5.41 Å². The van der Waals surface area contributed by atoms with Gasteiger partial charge in [0.25, 0.3) is 0 Å². The molecule has 22 heavy (non-hydrogen) atoms. The molecule has 1 N–H and O–H groups in total. The van der Waals surface area contributed by atoms with Gasteiger partial charge in [-0.2, -0.15) is 4.72 Å². The van der Waals surface area contributed by atoms with Crippen molar-refractivity contribution in [2.75, 3.05) is 7.11 Å². The summed E-state index contributed by atoms with van der Waals surface area (Å²) in [5.41, 5.74) is 0.490. The summed E-state index contributed by atoms with van der Waals surface area (Å²) in [4.78, 5) is 12.0. The highest BCUT2D eigenvalue weighted by atomic mass is 32.2. The Morgan fingerprint density at radius 3 is 2.18 bits per heavy atom. The summed E-state index contributed by atoms with van der Waals surface area (Å²) in [6, 6.07) is 5.76. The zero-order valence-corrected chi connectivity index (χ0v) is 14.7. The maximum absolute atomic E-state index is 12.5. The number of esters is 1. The van der Waals surface area contributed by atoms with Crippen LogP contribution in [0.4, 0.5) is 0 Å². The number of rotatable bonds is 6. The number of nitrogens with one attached hydrogen (secondary N) is 1. The lowest BCUT2D eigenvalue weighted by Crippen LogP contribution is -2.49. The monoisotopic (exact) mass is 327 g/mol. The van der Waals surface area contributed by atoms with Crippen LogP contribution in [-0.2, 0) is 26.0 Å². The summed E-state index contributed by atoms with van der Waals surface area (Å²) in [6.07, 6.45) is 1.90. The van der Waals surface area contributed by atoms with Gasteiger partial charge in [0, 0.05) is 0 Å². The summed E-state index contributed by atoms with van der Waals surface area (Å²) in [6.45, 7) is 7.40. The van der Waals surface area contributed by atoms with Crippen LogP contribution in [0.2, 0.25) is 0 Å². The molecule has 1 unspecified atom stereocenters. The molecule has 0 saturated carbocycles. The molecule has 0 aromatic heterocycles. The van der Waals surface area contributed by atoms with E-state index in [1.54, 1.807) is 45.0 Å². The van der Waals surface area contributed by atoms with Crippen LogP contribution >= 0.6 is 0 Å². The van der Waals surface area contributed by atoms with E-state index in [-0.39, 0.29) is 4.90 Å². The summed E-state index contributed by atoms with van der Waals surface area (Å²) in [7, 11) is -2.54. The molecule has 1 atom stereocenters. The van der Waals surface area contributed by atoms with Crippen molar-refractivity contribution < 1.29 is 17.9 Å². The van der Waals surface area contributed by atoms with Gasteiger partial charge in [0.1, 0.15) is 6.04 Å². The number of hydrogen-bond acceptors (Lipinski definition) is 4. The van der Waals surface area contributed by atoms with E-state index in [0.29, 0.717) is 0 Å². The van der Waals surface area contributed by atoms with Crippen molar-refractivity contribution in [1.82, 2.24) is 4.72 Å². The quantitative estimate of drug-likeness (QED) is 0.815. The maximum atomic E-state index is 12.5. The van der Waals surface area contributed by atoms with E-state index >= 15 is 0 Å². The highest BCUT2D eigenvalue weighted by molar-refractivity contribution is 7.89. The van der Waals surface area contributed by atoms with Crippen molar-refractivity contribution in [2.45, 2.75) is 51.5 Å². The Labute approximate surface area is 133 Å². The summed E-state index contributed by atoms with van der Waals surface area (Å²) < 4.78 is 32.1. The number of benzene rings is 1. The lowest BCUT2D eigenvalue weighted by atomic mass is 9.87. The molecular formula is C16H25NO4S. The van der Waals surface area contributed by atoms with Gasteiger partial charge in [0.2, 0.25) is 10.0 Å². The zero-order valence-electron chi connectivity index (χ0n) is 13.8. The number of aryl methyl sites for hydroxylation is 1. The number of carbonyl (C=O) groups is 1. The number of ether oxygens (including phenoxy) is 1. The molecule has 0 saturated heterocycles. The largest absolute Gasteiger partial charge is 0.468 e. The molecule has 1 rings (SSSR count). The van der Waals surface area contributed by atoms with Crippen LogP contribution in [0, 0.1) is 5.41 Å². The van der Waals surface area contributed by atoms with E-state index in [9.17, 15) is 13.2 Å². The van der Waals surface area contributed by atoms with Gasteiger partial charge in [0.15, 0.2) is 0 Å². The number of methoxy groups -OCH3 is 1. The Morgan fingerprint density at radius 2 is 1.77 bits per heavy atom. The molecule has 0 aliphatic heterocycles. The number of sulfonamides is 1. The fraction of sp³-hybridized carbons (Fsp3) is 0.562. The van der Waals surface area contributed by atoms with E-state index in [4.69, 9.17) is 4.74 Å². The second-order valence-electron chi connectivity index (χ2n) is 6.34. The van der Waals surface area contributed by atoms with Crippen molar-refractivity contribution in [3.05, 3.63) is 29.8 Å². The lowest BCUT2D eigenvalue weighted by Gasteiger charge is -2.28. The Balaban J connectivity index is 3.04. The van der Waals surface area contributed by atoms with Crippen molar-refractivity contribution in [3.8, 4) is 0 Å². The minimum absolute atomic E-state index is 0.144. The Bertz CT molecular complexity index is 600. The van der Waals surface area contributed by atoms with Gasteiger partial charge in [-0.3, -0.25) is 4.79 Å². The molecule has 0 amide bonds. The second-order valence-corrected chi connectivity index (χ2v) is 8.05. The van der Waals surface area contributed by atoms with Crippen LogP contribution in [0.5, 0.6) is 0 Å². The normalized spacial score (nSPS) is 13.7. The fourth-order valence-electron chi connectivity index (χ4n) is 2.04. The topological polar surface area (TPSA) is 72.5 Å². The Hall–Kier alpha value is -1.40. The fourth-order valence-corrected chi connectivity index (χ4v) is 3.43.